The van der Waals surface area contributed by atoms with Gasteiger partial charge in [0, 0.05) is 17.4 Å². The molecule has 1 aromatic rings. The van der Waals surface area contributed by atoms with Crippen molar-refractivity contribution < 1.29 is 4.74 Å². The largest absolute Gasteiger partial charge is 0.496 e. The van der Waals surface area contributed by atoms with Gasteiger partial charge >= 0.3 is 0 Å². The van der Waals surface area contributed by atoms with Crippen LogP contribution in [0.15, 0.2) is 29.3 Å². The quantitative estimate of drug-likeness (QED) is 0.908. The molecular formula is C14H20N2OS. The number of benzene rings is 1. The first kappa shape index (κ1) is 13.3. The standard InChI is InChI=1S/C14H20N2OS/c1-10(2)13-9-16-14(18-13)15-8-11-6-4-5-7-12(11)17-3/h4-7,10,13H,8-9H2,1-3H3,(H,15,16). The van der Waals surface area contributed by atoms with Gasteiger partial charge in [-0.05, 0) is 12.0 Å². The smallest absolute Gasteiger partial charge is 0.157 e. The van der Waals surface area contributed by atoms with Gasteiger partial charge in [0.2, 0.25) is 0 Å². The highest BCUT2D eigenvalue weighted by molar-refractivity contribution is 8.14. The van der Waals surface area contributed by atoms with Crippen LogP contribution < -0.4 is 10.1 Å². The molecule has 1 aliphatic heterocycles. The van der Waals surface area contributed by atoms with E-state index in [0.29, 0.717) is 11.2 Å². The van der Waals surface area contributed by atoms with E-state index in [1.807, 2.05) is 30.0 Å². The van der Waals surface area contributed by atoms with E-state index in [0.717, 1.165) is 29.6 Å². The summed E-state index contributed by atoms with van der Waals surface area (Å²) in [5.74, 6) is 1.60. The van der Waals surface area contributed by atoms with E-state index >= 15 is 0 Å². The molecule has 18 heavy (non-hydrogen) atoms. The number of aliphatic imine (C=N–C) groups is 1. The summed E-state index contributed by atoms with van der Waals surface area (Å²) in [6.07, 6.45) is 0. The molecule has 0 fully saturated rings. The normalized spacial score (nSPS) is 18.9. The van der Waals surface area contributed by atoms with Gasteiger partial charge in [0.1, 0.15) is 5.75 Å². The van der Waals surface area contributed by atoms with Crippen molar-refractivity contribution >= 4 is 16.9 Å². The average molecular weight is 264 g/mol. The third-order valence-electron chi connectivity index (χ3n) is 3.04. The summed E-state index contributed by atoms with van der Waals surface area (Å²) >= 11 is 1.85. The van der Waals surface area contributed by atoms with Crippen molar-refractivity contribution in [2.24, 2.45) is 10.9 Å². The Morgan fingerprint density at radius 3 is 2.89 bits per heavy atom. The highest BCUT2D eigenvalue weighted by Crippen LogP contribution is 2.26. The minimum atomic E-state index is 0.616. The van der Waals surface area contributed by atoms with Crippen LogP contribution in [0.2, 0.25) is 0 Å². The lowest BCUT2D eigenvalue weighted by molar-refractivity contribution is 0.409. The molecule has 0 spiro atoms. The van der Waals surface area contributed by atoms with E-state index in [2.05, 4.69) is 30.2 Å². The minimum Gasteiger partial charge on any atom is -0.496 e. The third kappa shape index (κ3) is 3.19. The number of para-hydroxylation sites is 1. The molecule has 0 amide bonds. The van der Waals surface area contributed by atoms with E-state index < -0.39 is 0 Å². The predicted octanol–water partition coefficient (Wildman–Crippen LogP) is 2.91. The molecular weight excluding hydrogens is 244 g/mol. The molecule has 1 unspecified atom stereocenters. The molecule has 0 aromatic heterocycles. The van der Waals surface area contributed by atoms with E-state index in [1.165, 1.54) is 0 Å². The van der Waals surface area contributed by atoms with Crippen molar-refractivity contribution in [3.8, 4) is 5.75 Å². The van der Waals surface area contributed by atoms with Crippen LogP contribution in [0.5, 0.6) is 5.75 Å². The Bertz CT molecular complexity index is 432. The van der Waals surface area contributed by atoms with Crippen molar-refractivity contribution in [2.75, 3.05) is 13.7 Å². The summed E-state index contributed by atoms with van der Waals surface area (Å²) < 4.78 is 5.33. The highest BCUT2D eigenvalue weighted by atomic mass is 32.2. The molecule has 0 bridgehead atoms. The summed E-state index contributed by atoms with van der Waals surface area (Å²) in [5.41, 5.74) is 1.16. The van der Waals surface area contributed by atoms with E-state index in [1.54, 1.807) is 7.11 Å². The van der Waals surface area contributed by atoms with E-state index in [9.17, 15) is 0 Å². The van der Waals surface area contributed by atoms with Crippen molar-refractivity contribution in [2.45, 2.75) is 25.6 Å². The minimum absolute atomic E-state index is 0.616. The van der Waals surface area contributed by atoms with Crippen molar-refractivity contribution in [1.29, 1.82) is 0 Å². The van der Waals surface area contributed by atoms with Gasteiger partial charge in [0.25, 0.3) is 0 Å². The SMILES string of the molecule is COc1ccccc1CNC1=NCC(C(C)C)S1. The van der Waals surface area contributed by atoms with E-state index in [4.69, 9.17) is 4.74 Å². The monoisotopic (exact) mass is 264 g/mol. The van der Waals surface area contributed by atoms with Crippen LogP contribution in [0.3, 0.4) is 0 Å². The summed E-state index contributed by atoms with van der Waals surface area (Å²) in [6, 6.07) is 8.07. The van der Waals surface area contributed by atoms with Gasteiger partial charge in [0.15, 0.2) is 5.17 Å². The number of rotatable bonds is 4. The molecule has 0 radical (unpaired) electrons. The van der Waals surface area contributed by atoms with Gasteiger partial charge in [0.05, 0.1) is 13.7 Å². The zero-order valence-corrected chi connectivity index (χ0v) is 12.0. The number of thioether (sulfide) groups is 1. The zero-order chi connectivity index (χ0) is 13.0. The lowest BCUT2D eigenvalue weighted by Crippen LogP contribution is -2.20. The predicted molar refractivity (Wildman–Crippen MR) is 78.4 cm³/mol. The van der Waals surface area contributed by atoms with Gasteiger partial charge in [-0.1, -0.05) is 43.8 Å². The van der Waals surface area contributed by atoms with Crippen LogP contribution in [0.25, 0.3) is 0 Å². The Balaban J connectivity index is 1.89. The number of hydrogen-bond donors (Lipinski definition) is 1. The fraction of sp³-hybridized carbons (Fsp3) is 0.500. The second kappa shape index (κ2) is 6.14. The second-order valence-corrected chi connectivity index (χ2v) is 5.94. The van der Waals surface area contributed by atoms with Gasteiger partial charge in [-0.25, -0.2) is 0 Å². The Kier molecular flexibility index (Phi) is 4.53. The van der Waals surface area contributed by atoms with Crippen LogP contribution in [0.4, 0.5) is 0 Å². The van der Waals surface area contributed by atoms with Gasteiger partial charge in [-0.15, -0.1) is 0 Å². The first-order valence-corrected chi connectivity index (χ1v) is 7.15. The summed E-state index contributed by atoms with van der Waals surface area (Å²) in [7, 11) is 1.70. The van der Waals surface area contributed by atoms with Crippen LogP contribution in [-0.4, -0.2) is 24.1 Å². The maximum Gasteiger partial charge on any atom is 0.157 e. The molecule has 3 nitrogen and oxygen atoms in total. The van der Waals surface area contributed by atoms with Gasteiger partial charge in [-0.2, -0.15) is 0 Å². The molecule has 2 rings (SSSR count). The van der Waals surface area contributed by atoms with Crippen molar-refractivity contribution in [1.82, 2.24) is 5.32 Å². The van der Waals surface area contributed by atoms with Crippen molar-refractivity contribution in [3.63, 3.8) is 0 Å². The Hall–Kier alpha value is -1.16. The maximum atomic E-state index is 5.33. The van der Waals surface area contributed by atoms with Crippen LogP contribution in [0, 0.1) is 5.92 Å². The van der Waals surface area contributed by atoms with E-state index in [-0.39, 0.29) is 0 Å². The number of hydrogen-bond acceptors (Lipinski definition) is 4. The number of methoxy groups -OCH3 is 1. The first-order chi connectivity index (χ1) is 8.70. The zero-order valence-electron chi connectivity index (χ0n) is 11.1. The molecule has 0 saturated carbocycles. The van der Waals surface area contributed by atoms with Gasteiger partial charge in [-0.3, -0.25) is 4.99 Å². The first-order valence-electron chi connectivity index (χ1n) is 6.27. The molecule has 98 valence electrons. The van der Waals surface area contributed by atoms with Crippen molar-refractivity contribution in [3.05, 3.63) is 29.8 Å². The topological polar surface area (TPSA) is 33.6 Å². The highest BCUT2D eigenvalue weighted by Gasteiger charge is 2.22. The lowest BCUT2D eigenvalue weighted by Gasteiger charge is -2.13. The summed E-state index contributed by atoms with van der Waals surface area (Å²) in [4.78, 5) is 4.54. The maximum absolute atomic E-state index is 5.33. The number of nitrogens with zero attached hydrogens (tertiary/aromatic N) is 1. The molecule has 1 heterocycles. The number of amidine groups is 1. The molecule has 0 saturated heterocycles. The van der Waals surface area contributed by atoms with Crippen LogP contribution in [-0.2, 0) is 6.54 Å². The van der Waals surface area contributed by atoms with Gasteiger partial charge < -0.3 is 10.1 Å². The summed E-state index contributed by atoms with van der Waals surface area (Å²) in [5, 5.41) is 5.06. The fourth-order valence-electron chi connectivity index (χ4n) is 1.86. The number of nitrogens with one attached hydrogen (secondary N) is 1. The molecule has 1 N–H and O–H groups in total. The van der Waals surface area contributed by atoms with Crippen LogP contribution >= 0.6 is 11.8 Å². The third-order valence-corrected chi connectivity index (χ3v) is 4.54. The van der Waals surface area contributed by atoms with Crippen LogP contribution in [0.1, 0.15) is 19.4 Å². The fourth-order valence-corrected chi connectivity index (χ4v) is 2.87. The number of ether oxygens (including phenoxy) is 1. The molecule has 1 atom stereocenters. The Morgan fingerprint density at radius 1 is 1.44 bits per heavy atom. The molecule has 0 aliphatic carbocycles. The molecule has 1 aliphatic rings. The lowest BCUT2D eigenvalue weighted by atomic mass is 10.1. The molecule has 1 aromatic carbocycles. The average Bonchev–Trinajstić information content (AvgIpc) is 2.85. The molecule has 4 heteroatoms. The summed E-state index contributed by atoms with van der Waals surface area (Å²) in [6.45, 7) is 6.18. The second-order valence-electron chi connectivity index (χ2n) is 4.71. The Morgan fingerprint density at radius 2 is 2.22 bits per heavy atom. The Labute approximate surface area is 113 Å².